The minimum atomic E-state index is 0.905. The predicted octanol–water partition coefficient (Wildman–Crippen LogP) is 14.4. The van der Waals surface area contributed by atoms with Crippen molar-refractivity contribution in [3.63, 3.8) is 0 Å². The fourth-order valence-electron chi connectivity index (χ4n) is 7.76. The second-order valence-electron chi connectivity index (χ2n) is 13.3. The van der Waals surface area contributed by atoms with E-state index in [9.17, 15) is 0 Å². The van der Waals surface area contributed by atoms with E-state index in [0.29, 0.717) is 0 Å². The molecule has 0 aliphatic heterocycles. The second kappa shape index (κ2) is 12.5. The van der Waals surface area contributed by atoms with Gasteiger partial charge in [-0.3, -0.25) is 0 Å². The number of fused-ring (bicyclic) bond motifs is 6. The van der Waals surface area contributed by atoms with Crippen molar-refractivity contribution in [1.82, 2.24) is 0 Å². The summed E-state index contributed by atoms with van der Waals surface area (Å²) in [6, 6.07) is 71.5. The van der Waals surface area contributed by atoms with Crippen LogP contribution < -0.4 is 4.90 Å². The van der Waals surface area contributed by atoms with Crippen LogP contribution in [-0.4, -0.2) is 0 Å². The predicted molar refractivity (Wildman–Crippen MR) is 220 cm³/mol. The van der Waals surface area contributed by atoms with Crippen LogP contribution >= 0.6 is 0 Å². The number of anilines is 3. The average Bonchev–Trinajstić information content (AvgIpc) is 3.62. The summed E-state index contributed by atoms with van der Waals surface area (Å²) in [6.07, 6.45) is 0. The smallest absolute Gasteiger partial charge is 0.143 e. The summed E-state index contributed by atoms with van der Waals surface area (Å²) < 4.78 is 6.77. The third-order valence-corrected chi connectivity index (χ3v) is 10.3. The Balaban J connectivity index is 1.12. The lowest BCUT2D eigenvalue weighted by molar-refractivity contribution is 0.671. The standard InChI is InChI=1S/C50H33NO/c1-3-13-34(14-4-1)35-25-29-39(30-26-35)51(48-33-38-17-7-8-18-41(38)44-19-9-10-20-45(44)48)40-31-27-37(28-32-40)43-22-12-24-47-46-23-11-21-42(49(46)52-50(43)47)36-15-5-2-6-16-36/h1-33H. The largest absolute Gasteiger partial charge is 0.455 e. The van der Waals surface area contributed by atoms with Crippen LogP contribution in [-0.2, 0) is 0 Å². The van der Waals surface area contributed by atoms with Gasteiger partial charge in [0.25, 0.3) is 0 Å². The first-order valence-electron chi connectivity index (χ1n) is 17.8. The Hall–Kier alpha value is -6.90. The SMILES string of the molecule is c1ccc(-c2ccc(N(c3ccc(-c4cccc5c4oc4c(-c6ccccc6)cccc45)cc3)c3cc4ccccc4c4ccccc34)cc2)cc1. The van der Waals surface area contributed by atoms with E-state index < -0.39 is 0 Å². The molecule has 0 aliphatic carbocycles. The molecule has 1 aromatic heterocycles. The molecule has 10 rings (SSSR count). The molecule has 244 valence electrons. The molecule has 0 unspecified atom stereocenters. The van der Waals surface area contributed by atoms with E-state index in [2.05, 4.69) is 199 Å². The summed E-state index contributed by atoms with van der Waals surface area (Å²) in [6.45, 7) is 0. The molecule has 2 nitrogen and oxygen atoms in total. The van der Waals surface area contributed by atoms with Crippen LogP contribution in [0.15, 0.2) is 205 Å². The van der Waals surface area contributed by atoms with Crippen molar-refractivity contribution < 1.29 is 4.42 Å². The lowest BCUT2D eigenvalue weighted by Gasteiger charge is -2.28. The first-order chi connectivity index (χ1) is 25.8. The van der Waals surface area contributed by atoms with Crippen LogP contribution in [0.4, 0.5) is 17.1 Å². The van der Waals surface area contributed by atoms with Gasteiger partial charge in [-0.05, 0) is 68.7 Å². The van der Waals surface area contributed by atoms with Crippen LogP contribution in [0.1, 0.15) is 0 Å². The molecule has 1 heterocycles. The lowest BCUT2D eigenvalue weighted by atomic mass is 9.98. The van der Waals surface area contributed by atoms with Gasteiger partial charge in [0.1, 0.15) is 11.2 Å². The summed E-state index contributed by atoms with van der Waals surface area (Å²) in [7, 11) is 0. The number of rotatable bonds is 6. The van der Waals surface area contributed by atoms with Crippen molar-refractivity contribution in [3.8, 4) is 33.4 Å². The molecule has 0 aliphatic rings. The maximum absolute atomic E-state index is 6.77. The van der Waals surface area contributed by atoms with E-state index in [-0.39, 0.29) is 0 Å². The Kier molecular flexibility index (Phi) is 7.18. The van der Waals surface area contributed by atoms with Crippen molar-refractivity contribution in [2.24, 2.45) is 0 Å². The number of nitrogens with zero attached hydrogens (tertiary/aromatic N) is 1. The van der Waals surface area contributed by atoms with Gasteiger partial charge in [0.15, 0.2) is 0 Å². The van der Waals surface area contributed by atoms with Crippen molar-refractivity contribution in [2.45, 2.75) is 0 Å². The Morgan fingerprint density at radius 1 is 0.308 bits per heavy atom. The summed E-state index contributed by atoms with van der Waals surface area (Å²) >= 11 is 0. The van der Waals surface area contributed by atoms with E-state index >= 15 is 0 Å². The van der Waals surface area contributed by atoms with Gasteiger partial charge in [0, 0.05) is 38.7 Å². The second-order valence-corrected chi connectivity index (χ2v) is 13.3. The highest BCUT2D eigenvalue weighted by molar-refractivity contribution is 6.15. The lowest BCUT2D eigenvalue weighted by Crippen LogP contribution is -2.10. The van der Waals surface area contributed by atoms with Gasteiger partial charge in [-0.15, -0.1) is 0 Å². The molecule has 0 spiro atoms. The quantitative estimate of drug-likeness (QED) is 0.165. The molecule has 0 radical (unpaired) electrons. The minimum absolute atomic E-state index is 0.905. The summed E-state index contributed by atoms with van der Waals surface area (Å²) in [5.41, 5.74) is 12.0. The zero-order valence-electron chi connectivity index (χ0n) is 28.4. The maximum Gasteiger partial charge on any atom is 0.143 e. The molecule has 9 aromatic carbocycles. The van der Waals surface area contributed by atoms with Gasteiger partial charge in [-0.25, -0.2) is 0 Å². The number of furan rings is 1. The van der Waals surface area contributed by atoms with Gasteiger partial charge in [-0.2, -0.15) is 0 Å². The van der Waals surface area contributed by atoms with E-state index in [1.807, 2.05) is 6.07 Å². The highest BCUT2D eigenvalue weighted by Gasteiger charge is 2.19. The van der Waals surface area contributed by atoms with E-state index in [0.717, 1.165) is 61.3 Å². The zero-order chi connectivity index (χ0) is 34.4. The number of para-hydroxylation sites is 2. The van der Waals surface area contributed by atoms with Crippen LogP contribution in [0, 0.1) is 0 Å². The van der Waals surface area contributed by atoms with Gasteiger partial charge in [0.05, 0.1) is 5.69 Å². The Labute approximate surface area is 302 Å². The van der Waals surface area contributed by atoms with Gasteiger partial charge in [0.2, 0.25) is 0 Å². The molecule has 0 N–H and O–H groups in total. The van der Waals surface area contributed by atoms with Crippen LogP contribution in [0.5, 0.6) is 0 Å². The number of hydrogen-bond acceptors (Lipinski definition) is 2. The van der Waals surface area contributed by atoms with Crippen LogP contribution in [0.3, 0.4) is 0 Å². The molecular weight excluding hydrogens is 631 g/mol. The van der Waals surface area contributed by atoms with Crippen molar-refractivity contribution in [2.75, 3.05) is 4.90 Å². The zero-order valence-corrected chi connectivity index (χ0v) is 28.4. The van der Waals surface area contributed by atoms with Crippen molar-refractivity contribution in [1.29, 1.82) is 0 Å². The molecular formula is C50H33NO. The van der Waals surface area contributed by atoms with Gasteiger partial charge < -0.3 is 9.32 Å². The average molecular weight is 664 g/mol. The highest BCUT2D eigenvalue weighted by atomic mass is 16.3. The molecule has 0 atom stereocenters. The highest BCUT2D eigenvalue weighted by Crippen LogP contribution is 2.44. The number of benzene rings is 9. The first-order valence-corrected chi connectivity index (χ1v) is 17.8. The van der Waals surface area contributed by atoms with E-state index in [1.54, 1.807) is 0 Å². The first kappa shape index (κ1) is 30.0. The molecule has 0 bridgehead atoms. The molecule has 0 amide bonds. The Morgan fingerprint density at radius 3 is 1.37 bits per heavy atom. The Morgan fingerprint density at radius 2 is 0.750 bits per heavy atom. The number of hydrogen-bond donors (Lipinski definition) is 0. The molecule has 10 aromatic rings. The molecule has 0 fully saturated rings. The Bertz CT molecular complexity index is 2870. The van der Waals surface area contributed by atoms with E-state index in [4.69, 9.17) is 4.42 Å². The fraction of sp³-hybridized carbons (Fsp3) is 0. The molecule has 52 heavy (non-hydrogen) atoms. The maximum atomic E-state index is 6.77. The van der Waals surface area contributed by atoms with Crippen molar-refractivity contribution >= 4 is 60.5 Å². The van der Waals surface area contributed by atoms with Gasteiger partial charge >= 0.3 is 0 Å². The summed E-state index contributed by atoms with van der Waals surface area (Å²) in [4.78, 5) is 2.39. The fourth-order valence-corrected chi connectivity index (χ4v) is 7.76. The normalized spacial score (nSPS) is 11.5. The third-order valence-electron chi connectivity index (χ3n) is 10.3. The molecule has 0 saturated carbocycles. The van der Waals surface area contributed by atoms with Crippen LogP contribution in [0.25, 0.3) is 76.9 Å². The minimum Gasteiger partial charge on any atom is -0.455 e. The third kappa shape index (κ3) is 5.04. The monoisotopic (exact) mass is 663 g/mol. The molecule has 2 heteroatoms. The molecule has 0 saturated heterocycles. The van der Waals surface area contributed by atoms with Crippen molar-refractivity contribution in [3.05, 3.63) is 200 Å². The summed E-state index contributed by atoms with van der Waals surface area (Å²) in [5, 5.41) is 7.17. The van der Waals surface area contributed by atoms with Gasteiger partial charge in [-0.1, -0.05) is 170 Å². The summed E-state index contributed by atoms with van der Waals surface area (Å²) in [5.74, 6) is 0. The topological polar surface area (TPSA) is 16.4 Å². The van der Waals surface area contributed by atoms with E-state index in [1.165, 1.54) is 32.7 Å². The van der Waals surface area contributed by atoms with Crippen LogP contribution in [0.2, 0.25) is 0 Å².